The molecule has 75 heavy (non-hydrogen) atoms. The summed E-state index contributed by atoms with van der Waals surface area (Å²) in [4.78, 5) is 53.8. The third kappa shape index (κ3) is 9.96. The number of anilines is 2. The molecule has 0 atom stereocenters. The molecule has 0 spiro atoms. The molecule has 2 amide bonds. The van der Waals surface area contributed by atoms with E-state index in [1.165, 1.54) is 38.6 Å². The molecule has 2 fully saturated rings. The van der Waals surface area contributed by atoms with Crippen LogP contribution in [-0.4, -0.2) is 148 Å². The van der Waals surface area contributed by atoms with Gasteiger partial charge in [0.05, 0.1) is 28.7 Å². The number of imidazole rings is 2. The summed E-state index contributed by atoms with van der Waals surface area (Å²) >= 11 is 0. The fourth-order valence-corrected chi connectivity index (χ4v) is 14.3. The van der Waals surface area contributed by atoms with Crippen LogP contribution in [-0.2, 0) is 4.79 Å². The molecule has 2 aromatic heterocycles. The van der Waals surface area contributed by atoms with Gasteiger partial charge in [-0.2, -0.15) is 0 Å². The fourth-order valence-electron chi connectivity index (χ4n) is 11.2. The molecule has 5 heterocycles. The number of allylic oxidation sites excluding steroid dienone is 5. The first kappa shape index (κ1) is 49.6. The van der Waals surface area contributed by atoms with Crippen LogP contribution >= 0.6 is 0 Å². The van der Waals surface area contributed by atoms with E-state index < -0.39 is 8.07 Å². The molecule has 14 heteroatoms. The van der Waals surface area contributed by atoms with Crippen molar-refractivity contribution in [3.63, 3.8) is 0 Å². The highest BCUT2D eigenvalue weighted by atomic mass is 28.3. The summed E-state index contributed by atoms with van der Waals surface area (Å²) in [6.45, 7) is 11.3. The Morgan fingerprint density at radius 2 is 1.47 bits per heavy atom. The van der Waals surface area contributed by atoms with E-state index in [4.69, 9.17) is 14.7 Å². The molecular weight excluding hydrogens is 949 g/mol. The van der Waals surface area contributed by atoms with Crippen molar-refractivity contribution in [1.29, 1.82) is 0 Å². The number of carbonyl (C=O) groups is 2. The predicted molar refractivity (Wildman–Crippen MR) is 307 cm³/mol. The Labute approximate surface area is 441 Å². The molecule has 384 valence electrons. The first-order valence-corrected chi connectivity index (χ1v) is 29.6. The number of ether oxygens (including phenoxy) is 1. The maximum Gasteiger partial charge on any atom is 0.254 e. The Morgan fingerprint density at radius 1 is 0.773 bits per heavy atom. The number of amides is 2. The number of rotatable bonds is 13. The number of unbranched alkanes of at least 4 members (excludes halogenated alkanes) is 1. The summed E-state index contributed by atoms with van der Waals surface area (Å²) in [5, 5.41) is 5.93. The van der Waals surface area contributed by atoms with E-state index in [-0.39, 0.29) is 17.7 Å². The number of piperidine rings is 1. The van der Waals surface area contributed by atoms with Crippen LogP contribution in [0.4, 0.5) is 11.4 Å². The summed E-state index contributed by atoms with van der Waals surface area (Å²) in [5.41, 5.74) is 14.6. The predicted octanol–water partition coefficient (Wildman–Crippen LogP) is 8.90. The van der Waals surface area contributed by atoms with Gasteiger partial charge in [-0.15, -0.1) is 0 Å². The molecule has 1 aliphatic carbocycles. The molecule has 11 rings (SSSR count). The number of fused-ring (bicyclic) bond motifs is 4. The second kappa shape index (κ2) is 20.6. The van der Waals surface area contributed by atoms with E-state index in [1.54, 1.807) is 0 Å². The lowest BCUT2D eigenvalue weighted by Gasteiger charge is -2.38. The Kier molecular flexibility index (Phi) is 13.7. The first-order chi connectivity index (χ1) is 36.3. The van der Waals surface area contributed by atoms with Crippen molar-refractivity contribution < 1.29 is 18.9 Å². The van der Waals surface area contributed by atoms with E-state index >= 15 is 0 Å². The van der Waals surface area contributed by atoms with E-state index in [2.05, 4.69) is 162 Å². The monoisotopic (exact) mass is 1020 g/mol. The summed E-state index contributed by atoms with van der Waals surface area (Å²) in [6, 6.07) is 35.7. The van der Waals surface area contributed by atoms with Gasteiger partial charge in [0.15, 0.2) is 5.71 Å². The van der Waals surface area contributed by atoms with Gasteiger partial charge in [0, 0.05) is 106 Å². The van der Waals surface area contributed by atoms with Crippen LogP contribution in [0, 0.1) is 5.92 Å². The lowest BCUT2D eigenvalue weighted by atomic mass is 9.86. The number of aromatic amines is 2. The van der Waals surface area contributed by atoms with Crippen molar-refractivity contribution in [3.05, 3.63) is 149 Å². The van der Waals surface area contributed by atoms with Crippen molar-refractivity contribution in [2.75, 3.05) is 97.5 Å². The van der Waals surface area contributed by atoms with Gasteiger partial charge in [-0.3, -0.25) is 9.59 Å². The fraction of sp³-hybridized carbons (Fsp3) is 0.328. The van der Waals surface area contributed by atoms with Gasteiger partial charge < -0.3 is 39.6 Å². The van der Waals surface area contributed by atoms with E-state index in [0.717, 1.165) is 101 Å². The molecule has 0 unspecified atom stereocenters. The molecule has 0 saturated carbocycles. The Hall–Kier alpha value is -7.55. The molecule has 3 N–H and O–H groups in total. The first-order valence-electron chi connectivity index (χ1n) is 26.6. The maximum atomic E-state index is 14.6. The normalized spacial score (nSPS) is 16.8. The second-order valence-electron chi connectivity index (χ2n) is 21.6. The van der Waals surface area contributed by atoms with Gasteiger partial charge >= 0.3 is 0 Å². The zero-order valence-corrected chi connectivity index (χ0v) is 45.5. The molecule has 2 saturated heterocycles. The van der Waals surface area contributed by atoms with Crippen LogP contribution in [0.3, 0.4) is 0 Å². The highest BCUT2D eigenvalue weighted by Crippen LogP contribution is 2.43. The number of aromatic nitrogens is 4. The van der Waals surface area contributed by atoms with E-state index in [1.807, 2.05) is 47.4 Å². The number of likely N-dealkylation sites (N-methyl/N-ethyl adjacent to an activating group) is 1. The van der Waals surface area contributed by atoms with Crippen molar-refractivity contribution in [3.8, 4) is 28.5 Å². The Bertz CT molecular complexity index is 3450. The minimum Gasteiger partial charge on any atom is -0.494 e. The van der Waals surface area contributed by atoms with Crippen molar-refractivity contribution in [1.82, 2.24) is 35.1 Å². The van der Waals surface area contributed by atoms with Gasteiger partial charge in [0.2, 0.25) is 5.91 Å². The summed E-state index contributed by atoms with van der Waals surface area (Å²) in [7, 11) is 8.40. The molecule has 3 aliphatic heterocycles. The van der Waals surface area contributed by atoms with Crippen LogP contribution in [0.15, 0.2) is 132 Å². The van der Waals surface area contributed by atoms with E-state index in [0.29, 0.717) is 44.6 Å². The van der Waals surface area contributed by atoms with Gasteiger partial charge in [-0.05, 0) is 150 Å². The van der Waals surface area contributed by atoms with Crippen LogP contribution in [0.25, 0.3) is 50.4 Å². The lowest BCUT2D eigenvalue weighted by Crippen LogP contribution is -2.50. The summed E-state index contributed by atoms with van der Waals surface area (Å²) in [5.74, 6) is 2.38. The number of carbonyl (C=O) groups excluding carboxylic acids is 2. The van der Waals surface area contributed by atoms with Crippen molar-refractivity contribution in [2.24, 2.45) is 5.92 Å². The maximum absolute atomic E-state index is 14.6. The van der Waals surface area contributed by atoms with Gasteiger partial charge in [0.25, 0.3) is 5.91 Å². The van der Waals surface area contributed by atoms with Crippen LogP contribution < -0.4 is 25.0 Å². The number of nitrogens with zero attached hydrogens (tertiary/aromatic N) is 7. The van der Waals surface area contributed by atoms with Gasteiger partial charge in [-0.1, -0.05) is 37.4 Å². The molecule has 0 bridgehead atoms. The average Bonchev–Trinajstić information content (AvgIpc) is 4.09. The topological polar surface area (TPSA) is 129 Å². The molecule has 7 aromatic rings. The third-order valence-electron chi connectivity index (χ3n) is 15.9. The number of nitrogens with one attached hydrogen (secondary N) is 3. The van der Waals surface area contributed by atoms with Gasteiger partial charge in [-0.25, -0.2) is 14.5 Å². The summed E-state index contributed by atoms with van der Waals surface area (Å²) < 4.78 is 8.27. The van der Waals surface area contributed by atoms with Crippen LogP contribution in [0.2, 0.25) is 13.1 Å². The van der Waals surface area contributed by atoms with E-state index in [9.17, 15) is 9.59 Å². The molecular formula is C61H69N10O3Si+. The third-order valence-corrected chi connectivity index (χ3v) is 19.4. The van der Waals surface area contributed by atoms with Crippen molar-refractivity contribution >= 4 is 69.8 Å². The highest BCUT2D eigenvalue weighted by molar-refractivity contribution is 6.98. The SMILES string of the molecule is CN1CCN(c2ccc3[nH]c(-c4ccc5[nH]c(-c6ccc(OCCCCNC(=O)C7CCN(C(=O)c8ccccc8C8=C9C=CC(=[N+](C)C)C=C9[Si](C)(C)c9cc(N(C)C)ccc98)CC7)cc6)nc5c4)nc3c2)CC1. The van der Waals surface area contributed by atoms with Crippen LogP contribution in [0.5, 0.6) is 5.75 Å². The Balaban J connectivity index is 0.658. The minimum atomic E-state index is -2.14. The number of hydrogen-bond donors (Lipinski definition) is 3. The second-order valence-corrected chi connectivity index (χ2v) is 26.0. The lowest BCUT2D eigenvalue weighted by molar-refractivity contribution is -0.462. The molecule has 13 nitrogen and oxygen atoms in total. The average molecular weight is 1020 g/mol. The molecule has 4 aliphatic rings. The molecule has 5 aromatic carbocycles. The number of H-pyrrole nitrogens is 2. The number of piperazine rings is 1. The smallest absolute Gasteiger partial charge is 0.254 e. The Morgan fingerprint density at radius 3 is 2.20 bits per heavy atom. The molecule has 0 radical (unpaired) electrons. The van der Waals surface area contributed by atoms with Crippen molar-refractivity contribution in [2.45, 2.75) is 38.8 Å². The standard InChI is InChI=1S/C61H68N10O3Si/c1-67(2)43-17-22-49-55(38-43)75(6,7)56-39-44(68(3)4)18-23-50(56)57(49)47-12-8-9-13-48(47)61(73)71-29-26-41(27-30-71)60(72)62-28-10-11-35-74-46-20-14-40(15-21-46)58-63-51-24-16-42(36-53(51)65-58)59-64-52-25-19-45(37-54(52)66-59)70-33-31-69(5)32-34-70/h8-9,12-25,36-39,41H,10-11,26-35H2,1-7H3,(H2,62,72,73)/p+1. The number of benzene rings is 5. The quantitative estimate of drug-likeness (QED) is 0.0594. The van der Waals surface area contributed by atoms with Gasteiger partial charge in [0.1, 0.15) is 39.6 Å². The number of likely N-dealkylation sites (tertiary alicyclic amines) is 1. The highest BCUT2D eigenvalue weighted by Gasteiger charge is 2.41. The van der Waals surface area contributed by atoms with Crippen LogP contribution in [0.1, 0.15) is 47.2 Å². The number of hydrogen-bond acceptors (Lipinski definition) is 8. The zero-order chi connectivity index (χ0) is 52.0. The zero-order valence-electron chi connectivity index (χ0n) is 44.5. The summed E-state index contributed by atoms with van der Waals surface area (Å²) in [6.07, 6.45) is 9.72. The minimum absolute atomic E-state index is 0.0189. The largest absolute Gasteiger partial charge is 0.494 e.